The molecule has 3 aromatic rings. The van der Waals surface area contributed by atoms with E-state index >= 15 is 0 Å². The van der Waals surface area contributed by atoms with E-state index in [0.29, 0.717) is 18.9 Å². The molecule has 0 aliphatic carbocycles. The number of nitrogens with zero attached hydrogens (tertiary/aromatic N) is 3. The van der Waals surface area contributed by atoms with Crippen molar-refractivity contribution in [2.45, 2.75) is 32.6 Å². The standard InChI is InChI=1S/C26H25F2N3O/c1-17-5-3-6-19(13-17)23-15-29-18(2)30-26(23)21-7-4-12-31(16-21)25(32)11-8-20-14-22(27)9-10-24(20)28/h3,5-6,8-11,13-15,21H,4,7,12,16H2,1-2H3. The molecule has 0 N–H and O–H groups in total. The molecule has 0 saturated carbocycles. The van der Waals surface area contributed by atoms with E-state index in [2.05, 4.69) is 11.1 Å². The third kappa shape index (κ3) is 4.90. The largest absolute Gasteiger partial charge is 0.338 e. The first kappa shape index (κ1) is 21.8. The zero-order valence-electron chi connectivity index (χ0n) is 18.2. The number of amides is 1. The molecule has 0 spiro atoms. The number of likely N-dealkylation sites (tertiary alicyclic amines) is 1. The molecular weight excluding hydrogens is 408 g/mol. The summed E-state index contributed by atoms with van der Waals surface area (Å²) in [6.45, 7) is 5.05. The highest BCUT2D eigenvalue weighted by atomic mass is 19.1. The summed E-state index contributed by atoms with van der Waals surface area (Å²) in [7, 11) is 0. The third-order valence-electron chi connectivity index (χ3n) is 5.75. The predicted octanol–water partition coefficient (Wildman–Crippen LogP) is 5.46. The zero-order chi connectivity index (χ0) is 22.7. The van der Waals surface area contributed by atoms with E-state index in [-0.39, 0.29) is 17.4 Å². The maximum Gasteiger partial charge on any atom is 0.246 e. The lowest BCUT2D eigenvalue weighted by atomic mass is 9.89. The average molecular weight is 434 g/mol. The van der Waals surface area contributed by atoms with Crippen LogP contribution in [0.1, 0.15) is 41.4 Å². The molecule has 164 valence electrons. The first-order valence-corrected chi connectivity index (χ1v) is 10.7. The van der Waals surface area contributed by atoms with E-state index in [9.17, 15) is 13.6 Å². The zero-order valence-corrected chi connectivity index (χ0v) is 18.2. The normalized spacial score (nSPS) is 16.5. The monoisotopic (exact) mass is 433 g/mol. The van der Waals surface area contributed by atoms with Crippen molar-refractivity contribution in [3.8, 4) is 11.1 Å². The summed E-state index contributed by atoms with van der Waals surface area (Å²) in [5.41, 5.74) is 4.20. The quantitative estimate of drug-likeness (QED) is 0.514. The van der Waals surface area contributed by atoms with Crippen LogP contribution in [0.25, 0.3) is 17.2 Å². The predicted molar refractivity (Wildman–Crippen MR) is 121 cm³/mol. The Hall–Kier alpha value is -3.41. The Morgan fingerprint density at radius 2 is 2.00 bits per heavy atom. The Balaban J connectivity index is 1.57. The maximum absolute atomic E-state index is 13.9. The minimum Gasteiger partial charge on any atom is -0.338 e. The van der Waals surface area contributed by atoms with Crippen LogP contribution in [0.2, 0.25) is 0 Å². The van der Waals surface area contributed by atoms with Gasteiger partial charge in [-0.15, -0.1) is 0 Å². The number of benzene rings is 2. The molecule has 32 heavy (non-hydrogen) atoms. The van der Waals surface area contributed by atoms with Gasteiger partial charge in [-0.3, -0.25) is 4.79 Å². The van der Waals surface area contributed by atoms with Gasteiger partial charge in [-0.25, -0.2) is 18.7 Å². The number of carbonyl (C=O) groups excluding carboxylic acids is 1. The lowest BCUT2D eigenvalue weighted by molar-refractivity contribution is -0.127. The van der Waals surface area contributed by atoms with E-state index in [1.165, 1.54) is 12.2 Å². The molecule has 1 unspecified atom stereocenters. The van der Waals surface area contributed by atoms with Crippen molar-refractivity contribution in [2.24, 2.45) is 0 Å². The highest BCUT2D eigenvalue weighted by molar-refractivity contribution is 5.92. The van der Waals surface area contributed by atoms with Gasteiger partial charge in [0.25, 0.3) is 0 Å². The molecule has 1 fully saturated rings. The molecule has 6 heteroatoms. The van der Waals surface area contributed by atoms with Gasteiger partial charge in [0, 0.05) is 42.4 Å². The molecule has 2 heterocycles. The van der Waals surface area contributed by atoms with E-state index in [0.717, 1.165) is 53.4 Å². The van der Waals surface area contributed by atoms with Crippen molar-refractivity contribution in [1.82, 2.24) is 14.9 Å². The summed E-state index contributed by atoms with van der Waals surface area (Å²) in [5.74, 6) is -0.558. The Morgan fingerprint density at radius 1 is 1.16 bits per heavy atom. The molecule has 1 aliphatic rings. The van der Waals surface area contributed by atoms with Crippen LogP contribution >= 0.6 is 0 Å². The highest BCUT2D eigenvalue weighted by Gasteiger charge is 2.27. The summed E-state index contributed by atoms with van der Waals surface area (Å²) in [6.07, 6.45) is 6.26. The van der Waals surface area contributed by atoms with E-state index in [1.807, 2.05) is 38.2 Å². The minimum absolute atomic E-state index is 0.0556. The molecule has 1 amide bonds. The van der Waals surface area contributed by atoms with Gasteiger partial charge in [0.2, 0.25) is 5.91 Å². The number of hydrogen-bond acceptors (Lipinski definition) is 3. The number of aryl methyl sites for hydroxylation is 2. The van der Waals surface area contributed by atoms with Gasteiger partial charge >= 0.3 is 0 Å². The van der Waals surface area contributed by atoms with Gasteiger partial charge in [-0.05, 0) is 56.5 Å². The minimum atomic E-state index is -0.564. The number of hydrogen-bond donors (Lipinski definition) is 0. The molecule has 1 aromatic heterocycles. The van der Waals surface area contributed by atoms with Gasteiger partial charge in [-0.2, -0.15) is 0 Å². The summed E-state index contributed by atoms with van der Waals surface area (Å²) in [5, 5.41) is 0. The first-order chi connectivity index (χ1) is 15.4. The molecule has 1 aliphatic heterocycles. The first-order valence-electron chi connectivity index (χ1n) is 10.7. The van der Waals surface area contributed by atoms with Crippen LogP contribution in [-0.2, 0) is 4.79 Å². The average Bonchev–Trinajstić information content (AvgIpc) is 2.79. The Kier molecular flexibility index (Phi) is 6.40. The second-order valence-electron chi connectivity index (χ2n) is 8.21. The lowest BCUT2D eigenvalue weighted by Crippen LogP contribution is -2.38. The van der Waals surface area contributed by atoms with Crippen LogP contribution in [0.3, 0.4) is 0 Å². The van der Waals surface area contributed by atoms with Gasteiger partial charge in [0.15, 0.2) is 0 Å². The Labute approximate surface area is 186 Å². The van der Waals surface area contributed by atoms with Crippen molar-refractivity contribution < 1.29 is 13.6 Å². The highest BCUT2D eigenvalue weighted by Crippen LogP contribution is 2.33. The van der Waals surface area contributed by atoms with Crippen LogP contribution in [-0.4, -0.2) is 33.9 Å². The van der Waals surface area contributed by atoms with Crippen LogP contribution in [0.4, 0.5) is 8.78 Å². The van der Waals surface area contributed by atoms with Crippen LogP contribution in [0, 0.1) is 25.5 Å². The molecule has 2 aromatic carbocycles. The molecular formula is C26H25F2N3O. The summed E-state index contributed by atoms with van der Waals surface area (Å²) >= 11 is 0. The van der Waals surface area contributed by atoms with E-state index in [1.54, 1.807) is 4.90 Å². The van der Waals surface area contributed by atoms with Gasteiger partial charge in [-0.1, -0.05) is 29.8 Å². The smallest absolute Gasteiger partial charge is 0.246 e. The molecule has 4 nitrogen and oxygen atoms in total. The third-order valence-corrected chi connectivity index (χ3v) is 5.75. The fourth-order valence-electron chi connectivity index (χ4n) is 4.14. The molecule has 0 radical (unpaired) electrons. The maximum atomic E-state index is 13.9. The van der Waals surface area contributed by atoms with Crippen molar-refractivity contribution >= 4 is 12.0 Å². The molecule has 1 saturated heterocycles. The Bertz CT molecular complexity index is 1180. The van der Waals surface area contributed by atoms with Crippen LogP contribution < -0.4 is 0 Å². The van der Waals surface area contributed by atoms with Crippen LogP contribution in [0.5, 0.6) is 0 Å². The van der Waals surface area contributed by atoms with E-state index < -0.39 is 11.6 Å². The number of aromatic nitrogens is 2. The van der Waals surface area contributed by atoms with Gasteiger partial charge in [0.05, 0.1) is 5.69 Å². The topological polar surface area (TPSA) is 46.1 Å². The van der Waals surface area contributed by atoms with Gasteiger partial charge in [0.1, 0.15) is 17.5 Å². The second-order valence-corrected chi connectivity index (χ2v) is 8.21. The van der Waals surface area contributed by atoms with Crippen molar-refractivity contribution in [3.05, 3.63) is 89.0 Å². The molecule has 0 bridgehead atoms. The Morgan fingerprint density at radius 3 is 2.81 bits per heavy atom. The van der Waals surface area contributed by atoms with E-state index in [4.69, 9.17) is 4.98 Å². The van der Waals surface area contributed by atoms with Crippen molar-refractivity contribution in [2.75, 3.05) is 13.1 Å². The van der Waals surface area contributed by atoms with Crippen LogP contribution in [0.15, 0.2) is 54.7 Å². The summed E-state index contributed by atoms with van der Waals surface area (Å²) < 4.78 is 27.3. The number of carbonyl (C=O) groups is 1. The number of halogens is 2. The molecule has 1 atom stereocenters. The summed E-state index contributed by atoms with van der Waals surface area (Å²) in [4.78, 5) is 23.7. The molecule has 4 rings (SSSR count). The summed E-state index contributed by atoms with van der Waals surface area (Å²) in [6, 6.07) is 11.4. The van der Waals surface area contributed by atoms with Crippen molar-refractivity contribution in [1.29, 1.82) is 0 Å². The fourth-order valence-corrected chi connectivity index (χ4v) is 4.14. The number of rotatable bonds is 4. The second kappa shape index (κ2) is 9.39. The van der Waals surface area contributed by atoms with Gasteiger partial charge < -0.3 is 4.90 Å². The fraction of sp³-hybridized carbons (Fsp3) is 0.269. The SMILES string of the molecule is Cc1cccc(-c2cnc(C)nc2C2CCCN(C(=O)C=Cc3cc(F)ccc3F)C2)c1. The lowest BCUT2D eigenvalue weighted by Gasteiger charge is -2.32. The number of piperidine rings is 1. The van der Waals surface area contributed by atoms with Crippen molar-refractivity contribution in [3.63, 3.8) is 0 Å².